The third kappa shape index (κ3) is 6.21. The highest BCUT2D eigenvalue weighted by Gasteiger charge is 2.34. The van der Waals surface area contributed by atoms with Crippen molar-refractivity contribution in [3.8, 4) is 0 Å². The number of hydrogen-bond donors (Lipinski definition) is 1. The van der Waals surface area contributed by atoms with Gasteiger partial charge in [0.15, 0.2) is 0 Å². The molecule has 2 aliphatic heterocycles. The van der Waals surface area contributed by atoms with Crippen LogP contribution in [0.4, 0.5) is 0 Å². The van der Waals surface area contributed by atoms with E-state index in [1.807, 2.05) is 6.92 Å². The Morgan fingerprint density at radius 1 is 1.27 bits per heavy atom. The number of ether oxygens (including phenoxy) is 3. The lowest BCUT2D eigenvalue weighted by Gasteiger charge is -2.38. The Morgan fingerprint density at radius 2 is 2.08 bits per heavy atom. The molecule has 150 valence electrons. The van der Waals surface area contributed by atoms with Gasteiger partial charge in [-0.1, -0.05) is 0 Å². The topological polar surface area (TPSA) is 77.1 Å². The molecule has 0 aliphatic carbocycles. The van der Waals surface area contributed by atoms with Crippen LogP contribution in [0.3, 0.4) is 0 Å². The molecule has 0 aromatic heterocycles. The Bertz CT molecular complexity index is 453. The third-order valence-corrected chi connectivity index (χ3v) is 5.30. The first-order chi connectivity index (χ1) is 12.5. The van der Waals surface area contributed by atoms with E-state index in [-0.39, 0.29) is 29.9 Å². The molecule has 2 amide bonds. The summed E-state index contributed by atoms with van der Waals surface area (Å²) in [5, 5.41) is 2.88. The molecular formula is C19H34N2O5. The van der Waals surface area contributed by atoms with Crippen LogP contribution in [0.5, 0.6) is 0 Å². The number of carbonyl (C=O) groups is 2. The van der Waals surface area contributed by atoms with Crippen molar-refractivity contribution in [3.63, 3.8) is 0 Å². The zero-order valence-corrected chi connectivity index (χ0v) is 16.4. The van der Waals surface area contributed by atoms with Crippen LogP contribution < -0.4 is 5.32 Å². The van der Waals surface area contributed by atoms with E-state index in [9.17, 15) is 9.59 Å². The Balaban J connectivity index is 1.81. The zero-order chi connectivity index (χ0) is 18.9. The minimum atomic E-state index is -0.515. The Labute approximate surface area is 156 Å². The molecule has 1 N–H and O–H groups in total. The Hall–Kier alpha value is -1.18. The SMILES string of the molecule is COCCNC(=O)C1CCC(C)N(C(=O)C(C)OCC2CCCCO2)C1. The minimum Gasteiger partial charge on any atom is -0.383 e. The number of hydrogen-bond acceptors (Lipinski definition) is 5. The van der Waals surface area contributed by atoms with E-state index in [0.717, 1.165) is 38.7 Å². The molecule has 2 rings (SSSR count). The van der Waals surface area contributed by atoms with Gasteiger partial charge >= 0.3 is 0 Å². The molecule has 7 heteroatoms. The van der Waals surface area contributed by atoms with Crippen LogP contribution in [0.1, 0.15) is 46.0 Å². The van der Waals surface area contributed by atoms with Gasteiger partial charge in [0.2, 0.25) is 5.91 Å². The molecular weight excluding hydrogens is 336 g/mol. The average molecular weight is 370 g/mol. The van der Waals surface area contributed by atoms with Gasteiger partial charge in [0, 0.05) is 32.8 Å². The first kappa shape index (κ1) is 21.1. The Kier molecular flexibility index (Phi) is 8.81. The molecule has 0 spiro atoms. The van der Waals surface area contributed by atoms with E-state index >= 15 is 0 Å². The van der Waals surface area contributed by atoms with E-state index < -0.39 is 6.10 Å². The van der Waals surface area contributed by atoms with E-state index in [2.05, 4.69) is 5.32 Å². The van der Waals surface area contributed by atoms with Crippen molar-refractivity contribution in [2.45, 2.75) is 64.2 Å². The fraction of sp³-hybridized carbons (Fsp3) is 0.895. The second kappa shape index (κ2) is 10.8. The summed E-state index contributed by atoms with van der Waals surface area (Å²) in [6, 6.07) is 0.127. The number of nitrogens with one attached hydrogen (secondary N) is 1. The van der Waals surface area contributed by atoms with Gasteiger partial charge in [0.25, 0.3) is 5.91 Å². The summed E-state index contributed by atoms with van der Waals surface area (Å²) in [5.41, 5.74) is 0. The largest absolute Gasteiger partial charge is 0.383 e. The predicted molar refractivity (Wildman–Crippen MR) is 97.8 cm³/mol. The lowest BCUT2D eigenvalue weighted by molar-refractivity contribution is -0.151. The van der Waals surface area contributed by atoms with E-state index in [0.29, 0.717) is 26.3 Å². The summed E-state index contributed by atoms with van der Waals surface area (Å²) < 4.78 is 16.4. The number of rotatable bonds is 8. The Morgan fingerprint density at radius 3 is 2.77 bits per heavy atom. The van der Waals surface area contributed by atoms with Crippen LogP contribution >= 0.6 is 0 Å². The molecule has 0 bridgehead atoms. The molecule has 2 fully saturated rings. The van der Waals surface area contributed by atoms with Crippen molar-refractivity contribution in [1.82, 2.24) is 10.2 Å². The number of nitrogens with zero attached hydrogens (tertiary/aromatic N) is 1. The molecule has 4 unspecified atom stereocenters. The first-order valence-electron chi connectivity index (χ1n) is 9.83. The van der Waals surface area contributed by atoms with Crippen LogP contribution in [0.25, 0.3) is 0 Å². The van der Waals surface area contributed by atoms with Crippen molar-refractivity contribution < 1.29 is 23.8 Å². The van der Waals surface area contributed by atoms with Gasteiger partial charge in [-0.05, 0) is 46.0 Å². The summed E-state index contributed by atoms with van der Waals surface area (Å²) in [5.74, 6) is -0.209. The molecule has 0 aromatic rings. The maximum absolute atomic E-state index is 12.8. The number of amides is 2. The second-order valence-corrected chi connectivity index (χ2v) is 7.36. The van der Waals surface area contributed by atoms with Crippen molar-refractivity contribution >= 4 is 11.8 Å². The van der Waals surface area contributed by atoms with Crippen LogP contribution in [-0.2, 0) is 23.8 Å². The van der Waals surface area contributed by atoms with Gasteiger partial charge in [-0.3, -0.25) is 9.59 Å². The first-order valence-corrected chi connectivity index (χ1v) is 9.83. The maximum atomic E-state index is 12.8. The van der Waals surface area contributed by atoms with Crippen LogP contribution in [0.15, 0.2) is 0 Å². The normalized spacial score (nSPS) is 27.8. The summed E-state index contributed by atoms with van der Waals surface area (Å²) >= 11 is 0. The molecule has 26 heavy (non-hydrogen) atoms. The summed E-state index contributed by atoms with van der Waals surface area (Å²) in [7, 11) is 1.61. The predicted octanol–water partition coefficient (Wildman–Crippen LogP) is 1.35. The molecule has 2 heterocycles. The summed E-state index contributed by atoms with van der Waals surface area (Å²) in [6.07, 6.45) is 4.45. The van der Waals surface area contributed by atoms with Crippen molar-refractivity contribution in [3.05, 3.63) is 0 Å². The van der Waals surface area contributed by atoms with Crippen molar-refractivity contribution in [2.24, 2.45) is 5.92 Å². The lowest BCUT2D eigenvalue weighted by Crippen LogP contribution is -2.52. The van der Waals surface area contributed by atoms with Gasteiger partial charge in [-0.2, -0.15) is 0 Å². The summed E-state index contributed by atoms with van der Waals surface area (Å²) in [4.78, 5) is 26.9. The van der Waals surface area contributed by atoms with Crippen molar-refractivity contribution in [1.29, 1.82) is 0 Å². The minimum absolute atomic E-state index is 0.00377. The molecule has 2 aliphatic rings. The highest BCUT2D eigenvalue weighted by Crippen LogP contribution is 2.23. The molecule has 4 atom stereocenters. The number of likely N-dealkylation sites (tertiary alicyclic amines) is 1. The third-order valence-electron chi connectivity index (χ3n) is 5.30. The van der Waals surface area contributed by atoms with Gasteiger partial charge in [-0.25, -0.2) is 0 Å². The van der Waals surface area contributed by atoms with Crippen molar-refractivity contribution in [2.75, 3.05) is 40.0 Å². The second-order valence-electron chi connectivity index (χ2n) is 7.36. The standard InChI is InChI=1S/C19H34N2O5/c1-14-7-8-16(18(22)20-9-11-24-3)12-21(14)19(23)15(2)26-13-17-6-4-5-10-25-17/h14-17H,4-13H2,1-3H3,(H,20,22). The average Bonchev–Trinajstić information content (AvgIpc) is 2.66. The monoisotopic (exact) mass is 370 g/mol. The van der Waals surface area contributed by atoms with Gasteiger partial charge in [0.05, 0.1) is 25.2 Å². The zero-order valence-electron chi connectivity index (χ0n) is 16.4. The fourth-order valence-corrected chi connectivity index (χ4v) is 3.54. The number of carbonyl (C=O) groups excluding carboxylic acids is 2. The smallest absolute Gasteiger partial charge is 0.251 e. The van der Waals surface area contributed by atoms with Crippen LogP contribution in [0, 0.1) is 5.92 Å². The van der Waals surface area contributed by atoms with E-state index in [1.54, 1.807) is 18.9 Å². The quantitative estimate of drug-likeness (QED) is 0.653. The molecule has 0 saturated carbocycles. The molecule has 2 saturated heterocycles. The molecule has 0 radical (unpaired) electrons. The fourth-order valence-electron chi connectivity index (χ4n) is 3.54. The molecule has 0 aromatic carbocycles. The maximum Gasteiger partial charge on any atom is 0.251 e. The van der Waals surface area contributed by atoms with Crippen LogP contribution in [-0.4, -0.2) is 75.0 Å². The number of methoxy groups -OCH3 is 1. The van der Waals surface area contributed by atoms with E-state index in [1.165, 1.54) is 0 Å². The van der Waals surface area contributed by atoms with Gasteiger partial charge < -0.3 is 24.4 Å². The lowest BCUT2D eigenvalue weighted by atomic mass is 9.92. The van der Waals surface area contributed by atoms with Gasteiger partial charge in [-0.15, -0.1) is 0 Å². The van der Waals surface area contributed by atoms with Crippen LogP contribution in [0.2, 0.25) is 0 Å². The van der Waals surface area contributed by atoms with E-state index in [4.69, 9.17) is 14.2 Å². The van der Waals surface area contributed by atoms with Gasteiger partial charge in [0.1, 0.15) is 6.10 Å². The highest BCUT2D eigenvalue weighted by atomic mass is 16.5. The molecule has 7 nitrogen and oxygen atoms in total. The summed E-state index contributed by atoms with van der Waals surface area (Å²) in [6.45, 7) is 6.50. The number of piperidine rings is 1. The highest BCUT2D eigenvalue weighted by molar-refractivity contribution is 5.83.